The summed E-state index contributed by atoms with van der Waals surface area (Å²) in [7, 11) is 0. The lowest BCUT2D eigenvalue weighted by atomic mass is 9.80. The molecule has 0 radical (unpaired) electrons. The summed E-state index contributed by atoms with van der Waals surface area (Å²) in [6.45, 7) is 4.68. The maximum absolute atomic E-state index is 5.99. The second-order valence-electron chi connectivity index (χ2n) is 9.53. The molecule has 2 nitrogen and oxygen atoms in total. The summed E-state index contributed by atoms with van der Waals surface area (Å²) >= 11 is 0. The molecule has 1 heterocycles. The van der Waals surface area contributed by atoms with E-state index in [0.717, 1.165) is 33.3 Å². The molecular weight excluding hydrogens is 402 g/mol. The highest BCUT2D eigenvalue weighted by Crippen LogP contribution is 2.52. The molecule has 0 bridgehead atoms. The average Bonchev–Trinajstić information content (AvgIpc) is 3.31. The van der Waals surface area contributed by atoms with Crippen molar-refractivity contribution in [3.8, 4) is 11.1 Å². The first-order chi connectivity index (χ1) is 16.1. The summed E-state index contributed by atoms with van der Waals surface area (Å²) in [5.41, 5.74) is 9.44. The molecule has 0 saturated carbocycles. The highest BCUT2D eigenvalue weighted by molar-refractivity contribution is 6.06. The molecule has 1 N–H and O–H groups in total. The quantitative estimate of drug-likeness (QED) is 0.300. The van der Waals surface area contributed by atoms with E-state index >= 15 is 0 Å². The Morgan fingerprint density at radius 1 is 0.606 bits per heavy atom. The minimum absolute atomic E-state index is 0.0291. The van der Waals surface area contributed by atoms with E-state index in [4.69, 9.17) is 4.42 Å². The highest BCUT2D eigenvalue weighted by Gasteiger charge is 2.36. The topological polar surface area (TPSA) is 25.2 Å². The van der Waals surface area contributed by atoms with Crippen molar-refractivity contribution in [3.63, 3.8) is 0 Å². The van der Waals surface area contributed by atoms with Crippen LogP contribution in [0.3, 0.4) is 0 Å². The molecule has 6 aromatic rings. The van der Waals surface area contributed by atoms with Crippen LogP contribution >= 0.6 is 0 Å². The monoisotopic (exact) mass is 425 g/mol. The van der Waals surface area contributed by atoms with Gasteiger partial charge in [-0.25, -0.2) is 0 Å². The van der Waals surface area contributed by atoms with Gasteiger partial charge >= 0.3 is 0 Å². The van der Waals surface area contributed by atoms with Crippen LogP contribution in [0, 0.1) is 0 Å². The molecule has 2 heteroatoms. The van der Waals surface area contributed by atoms with E-state index in [-0.39, 0.29) is 5.41 Å². The van der Waals surface area contributed by atoms with E-state index in [1.165, 1.54) is 33.0 Å². The van der Waals surface area contributed by atoms with Crippen molar-refractivity contribution in [2.24, 2.45) is 0 Å². The number of nitrogens with one attached hydrogen (secondary N) is 1. The van der Waals surface area contributed by atoms with Crippen LogP contribution in [0.25, 0.3) is 43.8 Å². The Morgan fingerprint density at radius 3 is 2.24 bits per heavy atom. The Bertz CT molecular complexity index is 1720. The van der Waals surface area contributed by atoms with Gasteiger partial charge in [0.25, 0.3) is 0 Å². The van der Waals surface area contributed by atoms with Crippen LogP contribution in [-0.2, 0) is 5.41 Å². The summed E-state index contributed by atoms with van der Waals surface area (Å²) in [6, 6.07) is 34.6. The fraction of sp³-hybridized carbons (Fsp3) is 0.0968. The molecule has 0 aliphatic heterocycles. The number of benzene rings is 5. The molecule has 158 valence electrons. The van der Waals surface area contributed by atoms with E-state index < -0.39 is 0 Å². The summed E-state index contributed by atoms with van der Waals surface area (Å²) < 4.78 is 5.99. The molecule has 5 aromatic carbocycles. The molecule has 0 amide bonds. The number of para-hydroxylation sites is 1. The van der Waals surface area contributed by atoms with E-state index in [1.807, 2.05) is 12.1 Å². The lowest BCUT2D eigenvalue weighted by Gasteiger charge is -2.23. The number of fused-ring (bicyclic) bond motifs is 8. The van der Waals surface area contributed by atoms with Crippen molar-refractivity contribution in [1.82, 2.24) is 0 Å². The Kier molecular flexibility index (Phi) is 3.64. The van der Waals surface area contributed by atoms with Gasteiger partial charge in [0.1, 0.15) is 11.2 Å². The second-order valence-corrected chi connectivity index (χ2v) is 9.53. The molecular formula is C31H23NO. The van der Waals surface area contributed by atoms with E-state index in [2.05, 4.69) is 104 Å². The van der Waals surface area contributed by atoms with Crippen molar-refractivity contribution < 1.29 is 4.42 Å². The van der Waals surface area contributed by atoms with Gasteiger partial charge in [0.2, 0.25) is 0 Å². The van der Waals surface area contributed by atoms with Crippen LogP contribution in [0.1, 0.15) is 25.0 Å². The molecule has 33 heavy (non-hydrogen) atoms. The summed E-state index contributed by atoms with van der Waals surface area (Å²) in [5, 5.41) is 8.57. The van der Waals surface area contributed by atoms with Crippen molar-refractivity contribution in [3.05, 3.63) is 108 Å². The van der Waals surface area contributed by atoms with E-state index in [9.17, 15) is 0 Å². The summed E-state index contributed by atoms with van der Waals surface area (Å²) in [5.74, 6) is 0. The minimum atomic E-state index is -0.0291. The van der Waals surface area contributed by atoms with Crippen molar-refractivity contribution >= 4 is 44.1 Å². The van der Waals surface area contributed by atoms with Crippen LogP contribution in [0.15, 0.2) is 101 Å². The molecule has 1 aromatic heterocycles. The van der Waals surface area contributed by atoms with Gasteiger partial charge in [0.05, 0.1) is 0 Å². The van der Waals surface area contributed by atoms with Gasteiger partial charge in [-0.15, -0.1) is 0 Å². The fourth-order valence-corrected chi connectivity index (χ4v) is 5.66. The SMILES string of the molecule is CC1(C)c2ccc(Nc3ccc4oc5ccccc5c4c3)cc2-c2ccc3ccccc3c21. The average molecular weight is 426 g/mol. The Hall–Kier alpha value is -4.04. The van der Waals surface area contributed by atoms with Crippen molar-refractivity contribution in [1.29, 1.82) is 0 Å². The normalized spacial score (nSPS) is 14.0. The van der Waals surface area contributed by atoms with Gasteiger partial charge < -0.3 is 9.73 Å². The number of hydrogen-bond acceptors (Lipinski definition) is 2. The molecule has 7 rings (SSSR count). The predicted molar refractivity (Wildman–Crippen MR) is 139 cm³/mol. The van der Waals surface area contributed by atoms with Gasteiger partial charge in [-0.3, -0.25) is 0 Å². The minimum Gasteiger partial charge on any atom is -0.456 e. The fourth-order valence-electron chi connectivity index (χ4n) is 5.66. The Morgan fingerprint density at radius 2 is 1.33 bits per heavy atom. The van der Waals surface area contributed by atoms with Crippen LogP contribution in [0.2, 0.25) is 0 Å². The van der Waals surface area contributed by atoms with Gasteiger partial charge in [-0.2, -0.15) is 0 Å². The number of furan rings is 1. The molecule has 0 fully saturated rings. The first kappa shape index (κ1) is 18.5. The van der Waals surface area contributed by atoms with Crippen LogP contribution in [0.5, 0.6) is 0 Å². The number of anilines is 2. The van der Waals surface area contributed by atoms with Gasteiger partial charge in [0.15, 0.2) is 0 Å². The standard InChI is InChI=1S/C31H23NO/c1-31(2)27-15-12-20(17-25(27)24-14-11-19-7-3-4-8-22(19)30(24)31)32-21-13-16-29-26(18-21)23-9-5-6-10-28(23)33-29/h3-18,32H,1-2H3. The molecule has 0 unspecified atom stereocenters. The van der Waals surface area contributed by atoms with Crippen LogP contribution in [0.4, 0.5) is 11.4 Å². The molecule has 0 saturated heterocycles. The highest BCUT2D eigenvalue weighted by atomic mass is 16.3. The zero-order chi connectivity index (χ0) is 22.2. The smallest absolute Gasteiger partial charge is 0.135 e. The first-order valence-electron chi connectivity index (χ1n) is 11.4. The second kappa shape index (κ2) is 6.49. The number of hydrogen-bond donors (Lipinski definition) is 1. The Labute approximate surface area is 192 Å². The maximum Gasteiger partial charge on any atom is 0.135 e. The predicted octanol–water partition coefficient (Wildman–Crippen LogP) is 8.79. The van der Waals surface area contributed by atoms with E-state index in [0.29, 0.717) is 0 Å². The molecule has 0 atom stereocenters. The van der Waals surface area contributed by atoms with Crippen molar-refractivity contribution in [2.45, 2.75) is 19.3 Å². The van der Waals surface area contributed by atoms with Crippen LogP contribution < -0.4 is 5.32 Å². The molecule has 0 spiro atoms. The first-order valence-corrected chi connectivity index (χ1v) is 11.4. The van der Waals surface area contributed by atoms with Gasteiger partial charge in [0, 0.05) is 27.6 Å². The third-order valence-electron chi connectivity index (χ3n) is 7.20. The zero-order valence-corrected chi connectivity index (χ0v) is 18.6. The largest absolute Gasteiger partial charge is 0.456 e. The van der Waals surface area contributed by atoms with Crippen LogP contribution in [-0.4, -0.2) is 0 Å². The maximum atomic E-state index is 5.99. The summed E-state index contributed by atoms with van der Waals surface area (Å²) in [4.78, 5) is 0. The van der Waals surface area contributed by atoms with Gasteiger partial charge in [-0.05, 0) is 69.4 Å². The lowest BCUT2D eigenvalue weighted by Crippen LogP contribution is -2.15. The van der Waals surface area contributed by atoms with Gasteiger partial charge in [-0.1, -0.05) is 74.5 Å². The number of rotatable bonds is 2. The van der Waals surface area contributed by atoms with E-state index in [1.54, 1.807) is 0 Å². The third-order valence-corrected chi connectivity index (χ3v) is 7.20. The zero-order valence-electron chi connectivity index (χ0n) is 18.6. The molecule has 1 aliphatic carbocycles. The third kappa shape index (κ3) is 2.61. The van der Waals surface area contributed by atoms with Crippen molar-refractivity contribution in [2.75, 3.05) is 5.32 Å². The summed E-state index contributed by atoms with van der Waals surface area (Å²) in [6.07, 6.45) is 0. The lowest BCUT2D eigenvalue weighted by molar-refractivity contribution is 0.666. The Balaban J connectivity index is 1.34. The molecule has 1 aliphatic rings.